The number of carbonyl (C=O) groups excluding carboxylic acids is 1. The lowest BCUT2D eigenvalue weighted by Crippen LogP contribution is -2.37. The molecule has 1 N–H and O–H groups in total. The molecule has 1 aromatic heterocycles. The van der Waals surface area contributed by atoms with Crippen molar-refractivity contribution in [3.63, 3.8) is 0 Å². The van der Waals surface area contributed by atoms with Crippen molar-refractivity contribution >= 4 is 28.6 Å². The van der Waals surface area contributed by atoms with Crippen molar-refractivity contribution in [3.05, 3.63) is 30.1 Å². The third-order valence-corrected chi connectivity index (χ3v) is 5.14. The van der Waals surface area contributed by atoms with Gasteiger partial charge < -0.3 is 5.32 Å². The number of aryl methyl sites for hydroxylation is 1. The Kier molecular flexibility index (Phi) is 4.62. The minimum atomic E-state index is -0.154. The molecular formula is C17H21N3OS. The van der Waals surface area contributed by atoms with Gasteiger partial charge in [0, 0.05) is 11.4 Å². The van der Waals surface area contributed by atoms with Crippen LogP contribution in [0.15, 0.2) is 29.3 Å². The fourth-order valence-electron chi connectivity index (χ4n) is 2.86. The van der Waals surface area contributed by atoms with Crippen molar-refractivity contribution in [3.8, 4) is 0 Å². The molecule has 1 saturated carbocycles. The van der Waals surface area contributed by atoms with Crippen molar-refractivity contribution in [2.75, 3.05) is 0 Å². The second kappa shape index (κ2) is 6.65. The van der Waals surface area contributed by atoms with Crippen LogP contribution >= 0.6 is 11.8 Å². The molecule has 1 aromatic carbocycles. The van der Waals surface area contributed by atoms with Crippen molar-refractivity contribution in [1.29, 1.82) is 0 Å². The van der Waals surface area contributed by atoms with Crippen LogP contribution in [0.1, 0.15) is 38.4 Å². The average molecular weight is 315 g/mol. The molecule has 1 aliphatic rings. The Morgan fingerprint density at radius 1 is 1.27 bits per heavy atom. The molecule has 1 amide bonds. The second-order valence-electron chi connectivity index (χ2n) is 5.84. The zero-order valence-corrected chi connectivity index (χ0v) is 13.8. The minimum Gasteiger partial charge on any atom is -0.352 e. The molecule has 116 valence electrons. The first-order chi connectivity index (χ1) is 10.6. The highest BCUT2D eigenvalue weighted by atomic mass is 32.2. The summed E-state index contributed by atoms with van der Waals surface area (Å²) in [6.45, 7) is 3.83. The van der Waals surface area contributed by atoms with Gasteiger partial charge in [-0.2, -0.15) is 0 Å². The van der Waals surface area contributed by atoms with E-state index in [1.54, 1.807) is 0 Å². The summed E-state index contributed by atoms with van der Waals surface area (Å²) in [5.41, 5.74) is 0.931. The van der Waals surface area contributed by atoms with Crippen molar-refractivity contribution in [2.45, 2.75) is 55.8 Å². The number of benzene rings is 1. The summed E-state index contributed by atoms with van der Waals surface area (Å²) >= 11 is 1.52. The Bertz CT molecular complexity index is 683. The Hall–Kier alpha value is -1.62. The Labute approximate surface area is 135 Å². The highest BCUT2D eigenvalue weighted by Gasteiger charge is 2.22. The molecule has 22 heavy (non-hydrogen) atoms. The SMILES string of the molecule is Cc1nc(S[C@H](C)C(=O)NC2CCCC2)c2ccccc2n1. The zero-order chi connectivity index (χ0) is 15.5. The number of thioether (sulfide) groups is 1. The standard InChI is InChI=1S/C17H21N3OS/c1-11(16(21)20-13-7-3-4-8-13)22-17-14-9-5-6-10-15(14)18-12(2)19-17/h5-6,9-11,13H,3-4,7-8H2,1-2H3,(H,20,21)/t11-/m1/s1. The maximum atomic E-state index is 12.3. The van der Waals surface area contributed by atoms with E-state index in [1.807, 2.05) is 38.1 Å². The normalized spacial score (nSPS) is 16.8. The fourth-order valence-corrected chi connectivity index (χ4v) is 3.85. The summed E-state index contributed by atoms with van der Waals surface area (Å²) in [5.74, 6) is 0.849. The van der Waals surface area contributed by atoms with Crippen LogP contribution < -0.4 is 5.32 Å². The maximum Gasteiger partial charge on any atom is 0.233 e. The van der Waals surface area contributed by atoms with Crippen LogP contribution in [0.25, 0.3) is 10.9 Å². The smallest absolute Gasteiger partial charge is 0.233 e. The van der Waals surface area contributed by atoms with Gasteiger partial charge in [-0.3, -0.25) is 4.79 Å². The van der Waals surface area contributed by atoms with E-state index in [0.29, 0.717) is 6.04 Å². The van der Waals surface area contributed by atoms with Crippen molar-refractivity contribution < 1.29 is 4.79 Å². The molecule has 0 saturated heterocycles. The van der Waals surface area contributed by atoms with Crippen LogP contribution in [0.2, 0.25) is 0 Å². The lowest BCUT2D eigenvalue weighted by atomic mass is 10.2. The molecule has 1 atom stereocenters. The molecule has 1 aliphatic carbocycles. The second-order valence-corrected chi connectivity index (χ2v) is 7.17. The van der Waals surface area contributed by atoms with Gasteiger partial charge in [-0.25, -0.2) is 9.97 Å². The lowest BCUT2D eigenvalue weighted by molar-refractivity contribution is -0.120. The number of rotatable bonds is 4. The highest BCUT2D eigenvalue weighted by Crippen LogP contribution is 2.29. The van der Waals surface area contributed by atoms with Gasteiger partial charge in [0.25, 0.3) is 0 Å². The number of carbonyl (C=O) groups is 1. The number of nitrogens with one attached hydrogen (secondary N) is 1. The summed E-state index contributed by atoms with van der Waals surface area (Å²) in [4.78, 5) is 21.3. The summed E-state index contributed by atoms with van der Waals surface area (Å²) in [7, 11) is 0. The van der Waals surface area contributed by atoms with Gasteiger partial charge >= 0.3 is 0 Å². The van der Waals surface area contributed by atoms with E-state index in [4.69, 9.17) is 0 Å². The molecule has 2 aromatic rings. The Morgan fingerprint density at radius 3 is 2.77 bits per heavy atom. The van der Waals surface area contributed by atoms with E-state index in [2.05, 4.69) is 15.3 Å². The monoisotopic (exact) mass is 315 g/mol. The Morgan fingerprint density at radius 2 is 2.00 bits per heavy atom. The minimum absolute atomic E-state index is 0.109. The first-order valence-electron chi connectivity index (χ1n) is 7.84. The lowest BCUT2D eigenvalue weighted by Gasteiger charge is -2.16. The maximum absolute atomic E-state index is 12.3. The molecule has 1 fully saturated rings. The van der Waals surface area contributed by atoms with Crippen LogP contribution in [0.5, 0.6) is 0 Å². The van der Waals surface area contributed by atoms with E-state index in [1.165, 1.54) is 24.6 Å². The third-order valence-electron chi connectivity index (χ3n) is 4.04. The van der Waals surface area contributed by atoms with Crippen molar-refractivity contribution in [2.24, 2.45) is 0 Å². The van der Waals surface area contributed by atoms with Crippen LogP contribution in [0, 0.1) is 6.92 Å². The van der Waals surface area contributed by atoms with E-state index in [-0.39, 0.29) is 11.2 Å². The molecule has 4 nitrogen and oxygen atoms in total. The topological polar surface area (TPSA) is 54.9 Å². The number of para-hydroxylation sites is 1. The molecule has 1 heterocycles. The average Bonchev–Trinajstić information content (AvgIpc) is 3.00. The largest absolute Gasteiger partial charge is 0.352 e. The van der Waals surface area contributed by atoms with Crippen LogP contribution in [0.4, 0.5) is 0 Å². The molecular weight excluding hydrogens is 294 g/mol. The number of hydrogen-bond acceptors (Lipinski definition) is 4. The number of amides is 1. The first kappa shape index (κ1) is 15.3. The van der Waals surface area contributed by atoms with Gasteiger partial charge in [-0.15, -0.1) is 0 Å². The first-order valence-corrected chi connectivity index (χ1v) is 8.72. The summed E-state index contributed by atoms with van der Waals surface area (Å²) in [5, 5.41) is 4.90. The number of hydrogen-bond donors (Lipinski definition) is 1. The highest BCUT2D eigenvalue weighted by molar-refractivity contribution is 8.00. The zero-order valence-electron chi connectivity index (χ0n) is 13.0. The van der Waals surface area contributed by atoms with Gasteiger partial charge in [0.15, 0.2) is 0 Å². The predicted octanol–water partition coefficient (Wildman–Crippen LogP) is 3.48. The van der Waals surface area contributed by atoms with E-state index in [9.17, 15) is 4.79 Å². The van der Waals surface area contributed by atoms with Gasteiger partial charge in [0.2, 0.25) is 5.91 Å². The van der Waals surface area contributed by atoms with Crippen LogP contribution in [-0.4, -0.2) is 27.2 Å². The Balaban J connectivity index is 1.75. The molecule has 0 unspecified atom stereocenters. The quantitative estimate of drug-likeness (QED) is 0.693. The summed E-state index contributed by atoms with van der Waals surface area (Å²) in [6.07, 6.45) is 4.67. The van der Waals surface area contributed by atoms with Gasteiger partial charge in [-0.05, 0) is 32.8 Å². The summed E-state index contributed by atoms with van der Waals surface area (Å²) in [6, 6.07) is 8.31. The molecule has 0 spiro atoms. The van der Waals surface area contributed by atoms with Crippen molar-refractivity contribution in [1.82, 2.24) is 15.3 Å². The number of nitrogens with zero attached hydrogens (tertiary/aromatic N) is 2. The molecule has 3 rings (SSSR count). The van der Waals surface area contributed by atoms with E-state index < -0.39 is 0 Å². The molecule has 0 radical (unpaired) electrons. The van der Waals surface area contributed by atoms with Gasteiger partial charge in [-0.1, -0.05) is 42.8 Å². The predicted molar refractivity (Wildman–Crippen MR) is 90.0 cm³/mol. The molecule has 0 aliphatic heterocycles. The van der Waals surface area contributed by atoms with E-state index in [0.717, 1.165) is 34.6 Å². The van der Waals surface area contributed by atoms with Gasteiger partial charge in [0.05, 0.1) is 10.8 Å². The molecule has 5 heteroatoms. The number of aromatic nitrogens is 2. The molecule has 0 bridgehead atoms. The van der Waals surface area contributed by atoms with E-state index >= 15 is 0 Å². The fraction of sp³-hybridized carbons (Fsp3) is 0.471. The van der Waals surface area contributed by atoms with Crippen LogP contribution in [-0.2, 0) is 4.79 Å². The number of fused-ring (bicyclic) bond motifs is 1. The third kappa shape index (κ3) is 3.40. The summed E-state index contributed by atoms with van der Waals surface area (Å²) < 4.78 is 0. The van der Waals surface area contributed by atoms with Gasteiger partial charge in [0.1, 0.15) is 10.9 Å². The van der Waals surface area contributed by atoms with Crippen LogP contribution in [0.3, 0.4) is 0 Å².